The molecule has 0 amide bonds. The highest BCUT2D eigenvalue weighted by molar-refractivity contribution is 5.57. The van der Waals surface area contributed by atoms with Crippen LogP contribution in [0.2, 0.25) is 0 Å². The molecule has 2 N–H and O–H groups in total. The van der Waals surface area contributed by atoms with E-state index in [1.165, 1.54) is 0 Å². The SMILES string of the molecule is CC(C)(C)CC(C)(C)NCC1CNc2ccccc2O1. The Bertz CT molecular complexity index is 449. The van der Waals surface area contributed by atoms with Crippen LogP contribution < -0.4 is 15.4 Å². The third-order valence-corrected chi connectivity index (χ3v) is 3.48. The van der Waals surface area contributed by atoms with E-state index in [9.17, 15) is 0 Å². The molecule has 1 heterocycles. The summed E-state index contributed by atoms with van der Waals surface area (Å²) in [5.74, 6) is 0.958. The largest absolute Gasteiger partial charge is 0.485 e. The van der Waals surface area contributed by atoms with Crippen LogP contribution in [0.1, 0.15) is 41.0 Å². The number of anilines is 1. The Hall–Kier alpha value is -1.22. The Balaban J connectivity index is 1.87. The van der Waals surface area contributed by atoms with E-state index >= 15 is 0 Å². The average molecular weight is 276 g/mol. The fourth-order valence-corrected chi connectivity index (χ4v) is 3.05. The molecular weight excluding hydrogens is 248 g/mol. The Labute approximate surface area is 123 Å². The van der Waals surface area contributed by atoms with Gasteiger partial charge >= 0.3 is 0 Å². The zero-order chi connectivity index (χ0) is 14.8. The summed E-state index contributed by atoms with van der Waals surface area (Å²) < 4.78 is 6.03. The second-order valence-electron chi connectivity index (χ2n) is 7.62. The quantitative estimate of drug-likeness (QED) is 0.880. The predicted molar refractivity (Wildman–Crippen MR) is 85.5 cm³/mol. The van der Waals surface area contributed by atoms with E-state index in [4.69, 9.17) is 4.74 Å². The summed E-state index contributed by atoms with van der Waals surface area (Å²) in [4.78, 5) is 0. The predicted octanol–water partition coefficient (Wildman–Crippen LogP) is 3.66. The lowest BCUT2D eigenvalue weighted by Gasteiger charge is -2.36. The van der Waals surface area contributed by atoms with E-state index < -0.39 is 0 Å². The number of rotatable bonds is 4. The Morgan fingerprint density at radius 1 is 1.20 bits per heavy atom. The standard InChI is InChI=1S/C17H28N2O/c1-16(2,3)12-17(4,5)19-11-13-10-18-14-8-6-7-9-15(14)20-13/h6-9,13,18-19H,10-12H2,1-5H3. The zero-order valence-electron chi connectivity index (χ0n) is 13.4. The molecule has 0 saturated heterocycles. The third-order valence-electron chi connectivity index (χ3n) is 3.48. The van der Waals surface area contributed by atoms with Gasteiger partial charge in [-0.3, -0.25) is 0 Å². The first-order valence-electron chi connectivity index (χ1n) is 7.50. The molecule has 0 fully saturated rings. The maximum absolute atomic E-state index is 6.03. The van der Waals surface area contributed by atoms with Crippen molar-refractivity contribution in [2.24, 2.45) is 5.41 Å². The van der Waals surface area contributed by atoms with E-state index in [0.29, 0.717) is 5.41 Å². The van der Waals surface area contributed by atoms with E-state index in [0.717, 1.165) is 30.9 Å². The van der Waals surface area contributed by atoms with Crippen LogP contribution in [-0.2, 0) is 0 Å². The minimum atomic E-state index is 0.124. The molecule has 0 aliphatic carbocycles. The summed E-state index contributed by atoms with van der Waals surface area (Å²) in [6, 6.07) is 8.12. The zero-order valence-corrected chi connectivity index (χ0v) is 13.4. The summed E-state index contributed by atoms with van der Waals surface area (Å²) in [7, 11) is 0. The van der Waals surface area contributed by atoms with Gasteiger partial charge in [-0.05, 0) is 37.8 Å². The van der Waals surface area contributed by atoms with Crippen molar-refractivity contribution in [2.75, 3.05) is 18.4 Å². The van der Waals surface area contributed by atoms with E-state index in [1.54, 1.807) is 0 Å². The summed E-state index contributed by atoms with van der Waals surface area (Å²) in [5.41, 5.74) is 1.55. The van der Waals surface area contributed by atoms with Gasteiger partial charge in [0.05, 0.1) is 12.2 Å². The van der Waals surface area contributed by atoms with Gasteiger partial charge in [0.25, 0.3) is 0 Å². The van der Waals surface area contributed by atoms with E-state index in [-0.39, 0.29) is 11.6 Å². The molecule has 1 aromatic rings. The molecule has 1 aliphatic heterocycles. The molecule has 0 bridgehead atoms. The summed E-state index contributed by atoms with van der Waals surface area (Å²) in [5, 5.41) is 7.08. The molecule has 1 atom stereocenters. The van der Waals surface area contributed by atoms with Crippen molar-refractivity contribution in [3.63, 3.8) is 0 Å². The van der Waals surface area contributed by atoms with Crippen LogP contribution in [0.4, 0.5) is 5.69 Å². The number of ether oxygens (including phenoxy) is 1. The van der Waals surface area contributed by atoms with Gasteiger partial charge in [0.1, 0.15) is 11.9 Å². The van der Waals surface area contributed by atoms with Crippen molar-refractivity contribution >= 4 is 5.69 Å². The lowest BCUT2D eigenvalue weighted by atomic mass is 9.82. The van der Waals surface area contributed by atoms with Crippen molar-refractivity contribution in [2.45, 2.75) is 52.7 Å². The fourth-order valence-electron chi connectivity index (χ4n) is 3.05. The van der Waals surface area contributed by atoms with Gasteiger partial charge < -0.3 is 15.4 Å². The summed E-state index contributed by atoms with van der Waals surface area (Å²) in [6.07, 6.45) is 1.32. The first kappa shape index (κ1) is 15.2. The van der Waals surface area contributed by atoms with Crippen LogP contribution in [0, 0.1) is 5.41 Å². The molecule has 3 heteroatoms. The van der Waals surface area contributed by atoms with Crippen LogP contribution in [0.15, 0.2) is 24.3 Å². The van der Waals surface area contributed by atoms with Crippen LogP contribution in [-0.4, -0.2) is 24.7 Å². The molecule has 112 valence electrons. The highest BCUT2D eigenvalue weighted by Crippen LogP contribution is 2.29. The van der Waals surface area contributed by atoms with Crippen LogP contribution in [0.5, 0.6) is 5.75 Å². The van der Waals surface area contributed by atoms with Gasteiger partial charge in [0.2, 0.25) is 0 Å². The van der Waals surface area contributed by atoms with Crippen molar-refractivity contribution in [1.82, 2.24) is 5.32 Å². The van der Waals surface area contributed by atoms with Crippen molar-refractivity contribution in [3.05, 3.63) is 24.3 Å². The maximum atomic E-state index is 6.03. The van der Waals surface area contributed by atoms with Crippen molar-refractivity contribution < 1.29 is 4.74 Å². The molecule has 1 unspecified atom stereocenters. The molecule has 0 spiro atoms. The number of hydrogen-bond acceptors (Lipinski definition) is 3. The Kier molecular flexibility index (Phi) is 4.28. The van der Waals surface area contributed by atoms with Gasteiger partial charge in [-0.25, -0.2) is 0 Å². The molecule has 0 saturated carbocycles. The minimum Gasteiger partial charge on any atom is -0.485 e. The van der Waals surface area contributed by atoms with Crippen LogP contribution >= 0.6 is 0 Å². The summed E-state index contributed by atoms with van der Waals surface area (Å²) in [6.45, 7) is 13.1. The van der Waals surface area contributed by atoms with Crippen LogP contribution in [0.3, 0.4) is 0 Å². The van der Waals surface area contributed by atoms with E-state index in [2.05, 4.69) is 51.3 Å². The molecule has 0 radical (unpaired) electrons. The van der Waals surface area contributed by atoms with Gasteiger partial charge in [-0.1, -0.05) is 32.9 Å². The summed E-state index contributed by atoms with van der Waals surface area (Å²) >= 11 is 0. The Morgan fingerprint density at radius 3 is 2.60 bits per heavy atom. The average Bonchev–Trinajstić information content (AvgIpc) is 2.33. The molecule has 1 aliphatic rings. The topological polar surface area (TPSA) is 33.3 Å². The number of benzene rings is 1. The number of hydrogen-bond donors (Lipinski definition) is 2. The first-order valence-corrected chi connectivity index (χ1v) is 7.50. The smallest absolute Gasteiger partial charge is 0.142 e. The first-order chi connectivity index (χ1) is 9.25. The van der Waals surface area contributed by atoms with Gasteiger partial charge in [-0.15, -0.1) is 0 Å². The second kappa shape index (κ2) is 5.65. The molecule has 2 rings (SSSR count). The van der Waals surface area contributed by atoms with Crippen molar-refractivity contribution in [3.8, 4) is 5.75 Å². The van der Waals surface area contributed by atoms with E-state index in [1.807, 2.05) is 18.2 Å². The monoisotopic (exact) mass is 276 g/mol. The number of nitrogens with one attached hydrogen (secondary N) is 2. The van der Waals surface area contributed by atoms with Gasteiger partial charge in [0, 0.05) is 12.1 Å². The Morgan fingerprint density at radius 2 is 1.90 bits per heavy atom. The molecular formula is C17H28N2O. The lowest BCUT2D eigenvalue weighted by Crippen LogP contribution is -2.49. The molecule has 0 aromatic heterocycles. The maximum Gasteiger partial charge on any atom is 0.142 e. The minimum absolute atomic E-state index is 0.124. The molecule has 1 aromatic carbocycles. The van der Waals surface area contributed by atoms with Gasteiger partial charge in [0.15, 0.2) is 0 Å². The normalized spacial score (nSPS) is 18.9. The highest BCUT2D eigenvalue weighted by Gasteiger charge is 2.27. The van der Waals surface area contributed by atoms with Crippen molar-refractivity contribution in [1.29, 1.82) is 0 Å². The second-order valence-corrected chi connectivity index (χ2v) is 7.62. The van der Waals surface area contributed by atoms with Crippen LogP contribution in [0.25, 0.3) is 0 Å². The highest BCUT2D eigenvalue weighted by atomic mass is 16.5. The lowest BCUT2D eigenvalue weighted by molar-refractivity contribution is 0.170. The number of fused-ring (bicyclic) bond motifs is 1. The van der Waals surface area contributed by atoms with Gasteiger partial charge in [-0.2, -0.15) is 0 Å². The molecule has 3 nitrogen and oxygen atoms in total. The number of para-hydroxylation sites is 2. The molecule has 20 heavy (non-hydrogen) atoms. The third kappa shape index (κ3) is 4.41. The fraction of sp³-hybridized carbons (Fsp3) is 0.647.